The molecule has 1 amide bonds. The molecule has 0 radical (unpaired) electrons. The molecular weight excluding hydrogens is 266 g/mol. The van der Waals surface area contributed by atoms with E-state index in [4.69, 9.17) is 5.11 Å². The molecule has 1 aliphatic heterocycles. The second-order valence-corrected chi connectivity index (χ2v) is 5.47. The molecule has 1 fully saturated rings. The molecule has 0 unspecified atom stereocenters. The van der Waals surface area contributed by atoms with Gasteiger partial charge in [-0.25, -0.2) is 0 Å². The van der Waals surface area contributed by atoms with E-state index >= 15 is 0 Å². The maximum absolute atomic E-state index is 12.4. The molecule has 0 aromatic heterocycles. The number of nitrogens with zero attached hydrogens (tertiary/aromatic N) is 1. The molecule has 1 aromatic rings. The number of amides is 1. The molecule has 2 rings (SSSR count). The van der Waals surface area contributed by atoms with Crippen molar-refractivity contribution in [1.82, 2.24) is 4.90 Å². The van der Waals surface area contributed by atoms with Crippen molar-refractivity contribution in [3.8, 4) is 0 Å². The molecule has 0 aliphatic carbocycles. The lowest BCUT2D eigenvalue weighted by atomic mass is 9.93. The van der Waals surface area contributed by atoms with Crippen LogP contribution in [0.1, 0.15) is 30.7 Å². The molecule has 1 aromatic carbocycles. The number of carboxylic acids is 1. The predicted octanol–water partition coefficient (Wildman–Crippen LogP) is 2.67. The summed E-state index contributed by atoms with van der Waals surface area (Å²) in [4.78, 5) is 25.1. The normalized spacial score (nSPS) is 19.8. The van der Waals surface area contributed by atoms with Gasteiger partial charge in [-0.05, 0) is 18.4 Å². The molecule has 0 spiro atoms. The number of rotatable bonds is 5. The Morgan fingerprint density at radius 2 is 2.10 bits per heavy atom. The van der Waals surface area contributed by atoms with Crippen molar-refractivity contribution in [3.63, 3.8) is 0 Å². The summed E-state index contributed by atoms with van der Waals surface area (Å²) in [6.45, 7) is 4.79. The number of carbonyl (C=O) groups excluding carboxylic acids is 1. The first kappa shape index (κ1) is 15.3. The average molecular weight is 287 g/mol. The zero-order valence-corrected chi connectivity index (χ0v) is 12.1. The summed E-state index contributed by atoms with van der Waals surface area (Å²) in [5.74, 6) is -1.25. The van der Waals surface area contributed by atoms with Crippen LogP contribution >= 0.6 is 0 Å². The standard InChI is InChI=1S/C17H21NO3/c1-2-13(14-7-4-3-5-8-14)11-16(19)18-10-6-9-15(12-18)17(20)21/h2-5,7-8,13,15H,1,6,9-12H2,(H,20,21)/t13-,15+/m1/s1. The van der Waals surface area contributed by atoms with Crippen molar-refractivity contribution < 1.29 is 14.7 Å². The highest BCUT2D eigenvalue weighted by Crippen LogP contribution is 2.24. The van der Waals surface area contributed by atoms with Crippen LogP contribution in [0.5, 0.6) is 0 Å². The minimum atomic E-state index is -0.809. The highest BCUT2D eigenvalue weighted by molar-refractivity contribution is 5.79. The molecule has 4 nitrogen and oxygen atoms in total. The maximum atomic E-state index is 12.4. The Kier molecular flexibility index (Phi) is 5.14. The zero-order chi connectivity index (χ0) is 15.2. The van der Waals surface area contributed by atoms with E-state index < -0.39 is 11.9 Å². The van der Waals surface area contributed by atoms with E-state index in [-0.39, 0.29) is 11.8 Å². The van der Waals surface area contributed by atoms with Crippen molar-refractivity contribution in [1.29, 1.82) is 0 Å². The fourth-order valence-electron chi connectivity index (χ4n) is 2.76. The lowest BCUT2D eigenvalue weighted by Crippen LogP contribution is -2.42. The van der Waals surface area contributed by atoms with Crippen molar-refractivity contribution in [2.75, 3.05) is 13.1 Å². The second-order valence-electron chi connectivity index (χ2n) is 5.47. The van der Waals surface area contributed by atoms with Gasteiger partial charge < -0.3 is 10.0 Å². The minimum Gasteiger partial charge on any atom is -0.481 e. The SMILES string of the molecule is C=C[C@H](CC(=O)N1CCC[C@H](C(=O)O)C1)c1ccccc1. The van der Waals surface area contributed by atoms with Crippen LogP contribution in [0.2, 0.25) is 0 Å². The predicted molar refractivity (Wildman–Crippen MR) is 80.9 cm³/mol. The van der Waals surface area contributed by atoms with Gasteiger partial charge >= 0.3 is 5.97 Å². The van der Waals surface area contributed by atoms with Crippen LogP contribution in [0.15, 0.2) is 43.0 Å². The lowest BCUT2D eigenvalue weighted by Gasteiger charge is -2.31. The van der Waals surface area contributed by atoms with Crippen molar-refractivity contribution in [3.05, 3.63) is 48.6 Å². The number of hydrogen-bond acceptors (Lipinski definition) is 2. The first-order valence-electron chi connectivity index (χ1n) is 7.30. The van der Waals surface area contributed by atoms with E-state index in [1.807, 2.05) is 30.3 Å². The molecule has 1 heterocycles. The Morgan fingerprint density at radius 1 is 1.38 bits per heavy atom. The van der Waals surface area contributed by atoms with Crippen LogP contribution in [0.3, 0.4) is 0 Å². The number of hydrogen-bond donors (Lipinski definition) is 1. The van der Waals surface area contributed by atoms with Gasteiger partial charge in [-0.2, -0.15) is 0 Å². The number of likely N-dealkylation sites (tertiary alicyclic amines) is 1. The van der Waals surface area contributed by atoms with Gasteiger partial charge in [0.15, 0.2) is 0 Å². The zero-order valence-electron chi connectivity index (χ0n) is 12.1. The Labute approximate surface area is 125 Å². The van der Waals surface area contributed by atoms with Crippen LogP contribution in [0.4, 0.5) is 0 Å². The summed E-state index contributed by atoms with van der Waals surface area (Å²) in [6, 6.07) is 9.79. The molecule has 112 valence electrons. The van der Waals surface area contributed by atoms with Crippen LogP contribution in [0, 0.1) is 5.92 Å². The van der Waals surface area contributed by atoms with E-state index in [9.17, 15) is 9.59 Å². The molecule has 21 heavy (non-hydrogen) atoms. The van der Waals surface area contributed by atoms with E-state index in [1.165, 1.54) is 0 Å². The summed E-state index contributed by atoms with van der Waals surface area (Å²) in [5, 5.41) is 9.09. The molecule has 1 N–H and O–H groups in total. The largest absolute Gasteiger partial charge is 0.481 e. The van der Waals surface area contributed by atoms with Gasteiger partial charge in [0.2, 0.25) is 5.91 Å². The van der Waals surface area contributed by atoms with E-state index in [2.05, 4.69) is 6.58 Å². The van der Waals surface area contributed by atoms with Gasteiger partial charge in [0.05, 0.1) is 5.92 Å². The second kappa shape index (κ2) is 7.07. The number of benzene rings is 1. The molecule has 0 saturated carbocycles. The lowest BCUT2D eigenvalue weighted by molar-refractivity contribution is -0.145. The van der Waals surface area contributed by atoms with E-state index in [0.717, 1.165) is 12.0 Å². The van der Waals surface area contributed by atoms with Crippen molar-refractivity contribution >= 4 is 11.9 Å². The topological polar surface area (TPSA) is 57.6 Å². The molecule has 0 bridgehead atoms. The van der Waals surface area contributed by atoms with Gasteiger partial charge in [-0.1, -0.05) is 36.4 Å². The number of aliphatic carboxylic acids is 1. The summed E-state index contributed by atoms with van der Waals surface area (Å²) < 4.78 is 0. The smallest absolute Gasteiger partial charge is 0.308 e. The molecule has 4 heteroatoms. The van der Waals surface area contributed by atoms with Crippen LogP contribution < -0.4 is 0 Å². The average Bonchev–Trinajstić information content (AvgIpc) is 2.53. The summed E-state index contributed by atoms with van der Waals surface area (Å²) >= 11 is 0. The first-order valence-corrected chi connectivity index (χ1v) is 7.30. The summed E-state index contributed by atoms with van der Waals surface area (Å²) in [7, 11) is 0. The number of allylic oxidation sites excluding steroid dienone is 1. The van der Waals surface area contributed by atoms with Crippen LogP contribution in [-0.2, 0) is 9.59 Å². The number of piperidine rings is 1. The fourth-order valence-corrected chi connectivity index (χ4v) is 2.76. The monoisotopic (exact) mass is 287 g/mol. The van der Waals surface area contributed by atoms with Gasteiger partial charge in [-0.15, -0.1) is 6.58 Å². The maximum Gasteiger partial charge on any atom is 0.308 e. The summed E-state index contributed by atoms with van der Waals surface area (Å²) in [6.07, 6.45) is 3.54. The van der Waals surface area contributed by atoms with Crippen LogP contribution in [-0.4, -0.2) is 35.0 Å². The van der Waals surface area contributed by atoms with Crippen molar-refractivity contribution in [2.24, 2.45) is 5.92 Å². The quantitative estimate of drug-likeness (QED) is 0.847. The minimum absolute atomic E-state index is 0.00898. The van der Waals surface area contributed by atoms with Crippen molar-refractivity contribution in [2.45, 2.75) is 25.2 Å². The summed E-state index contributed by atoms with van der Waals surface area (Å²) in [5.41, 5.74) is 1.06. The Morgan fingerprint density at radius 3 is 2.71 bits per heavy atom. The number of carbonyl (C=O) groups is 2. The number of carboxylic acid groups (broad SMARTS) is 1. The van der Waals surface area contributed by atoms with Crippen LogP contribution in [0.25, 0.3) is 0 Å². The Bertz CT molecular complexity index is 512. The molecule has 1 saturated heterocycles. The molecule has 2 atom stereocenters. The highest BCUT2D eigenvalue weighted by atomic mass is 16.4. The highest BCUT2D eigenvalue weighted by Gasteiger charge is 2.28. The van der Waals surface area contributed by atoms with Gasteiger partial charge in [-0.3, -0.25) is 9.59 Å². The van der Waals surface area contributed by atoms with Gasteiger partial charge in [0, 0.05) is 25.4 Å². The Balaban J connectivity index is 1.99. The fraction of sp³-hybridized carbons (Fsp3) is 0.412. The van der Waals surface area contributed by atoms with E-state index in [1.54, 1.807) is 11.0 Å². The van der Waals surface area contributed by atoms with Gasteiger partial charge in [0.25, 0.3) is 0 Å². The molecule has 1 aliphatic rings. The third-order valence-electron chi connectivity index (χ3n) is 4.03. The first-order chi connectivity index (χ1) is 10.1. The third kappa shape index (κ3) is 3.94. The third-order valence-corrected chi connectivity index (χ3v) is 4.03. The molecular formula is C17H21NO3. The van der Waals surface area contributed by atoms with E-state index in [0.29, 0.717) is 25.9 Å². The van der Waals surface area contributed by atoms with Gasteiger partial charge in [0.1, 0.15) is 0 Å². The Hall–Kier alpha value is -2.10.